The summed E-state index contributed by atoms with van der Waals surface area (Å²) in [7, 11) is 0.274. The summed E-state index contributed by atoms with van der Waals surface area (Å²) in [5, 5.41) is 0. The van der Waals surface area contributed by atoms with Crippen molar-refractivity contribution in [2.24, 2.45) is 23.7 Å². The van der Waals surface area contributed by atoms with Gasteiger partial charge in [0, 0.05) is 33.9 Å². The van der Waals surface area contributed by atoms with Gasteiger partial charge in [0.2, 0.25) is 11.5 Å². The molecule has 2 aromatic rings. The zero-order valence-electron chi connectivity index (χ0n) is 29.8. The molecule has 19 heteroatoms. The van der Waals surface area contributed by atoms with Gasteiger partial charge in [-0.1, -0.05) is 0 Å². The fourth-order valence-electron chi connectivity index (χ4n) is 6.39. The minimum atomic E-state index is -4.65. The molecular weight excluding hydrogens is 724 g/mol. The van der Waals surface area contributed by atoms with Crippen LogP contribution in [0.4, 0.5) is 0 Å². The standard InChI is InChI=1S/C33H47N3O14P2/c1-34(2)30(37)26-28(49-32(39)22-10-6-20(7-11-22)18-47-51(41)42)29(50-33(40)23-12-8-21(9-13-23)19-48-52(43,44)45)27(31(38)35(3)4)36(26)24-14-16-25(46-5)17-15-24/h14-17,20-23,41-42H,6-13,18-19H2,1-5H3,(H2,43,44,45). The normalized spacial score (nSPS) is 20.7. The molecule has 0 aliphatic heterocycles. The molecule has 1 aromatic carbocycles. The number of hydrogen-bond acceptors (Lipinski definition) is 12. The van der Waals surface area contributed by atoms with Crippen LogP contribution in [-0.2, 0) is 23.2 Å². The summed E-state index contributed by atoms with van der Waals surface area (Å²) in [5.41, 5.74) is -0.142. The van der Waals surface area contributed by atoms with Gasteiger partial charge < -0.3 is 48.1 Å². The minimum absolute atomic E-state index is 0.00494. The number of phosphoric ester groups is 1. The molecule has 288 valence electrons. The Labute approximate surface area is 303 Å². The fraction of sp³-hybridized carbons (Fsp3) is 0.576. The smallest absolute Gasteiger partial charge is 0.469 e. The van der Waals surface area contributed by atoms with Crippen molar-refractivity contribution in [3.63, 3.8) is 0 Å². The SMILES string of the molecule is COc1ccc(-n2c(C(=O)N(C)C)c(OC(=O)C3CCC(COP(O)O)CC3)c(OC(=O)C3CCC(COP(=O)(O)O)CC3)c2C(=O)N(C)C)cc1. The van der Waals surface area contributed by atoms with Crippen LogP contribution in [0, 0.1) is 23.7 Å². The first-order valence-corrected chi connectivity index (χ1v) is 19.5. The fourth-order valence-corrected chi connectivity index (χ4v) is 7.14. The van der Waals surface area contributed by atoms with Crippen molar-refractivity contribution in [2.45, 2.75) is 51.4 Å². The topological polar surface area (TPSA) is 224 Å². The number of carbonyl (C=O) groups excluding carboxylic acids is 4. The van der Waals surface area contributed by atoms with Crippen molar-refractivity contribution in [2.75, 3.05) is 48.5 Å². The summed E-state index contributed by atoms with van der Waals surface area (Å²) in [6.45, 7) is -0.0468. The molecular formula is C33H47N3O14P2. The molecule has 0 bridgehead atoms. The molecule has 2 saturated carbocycles. The van der Waals surface area contributed by atoms with Gasteiger partial charge in [0.25, 0.3) is 11.8 Å². The first-order valence-electron chi connectivity index (χ1n) is 16.8. The van der Waals surface area contributed by atoms with E-state index in [1.54, 1.807) is 24.3 Å². The lowest BCUT2D eigenvalue weighted by molar-refractivity contribution is -0.143. The summed E-state index contributed by atoms with van der Waals surface area (Å²) in [5.74, 6) is -4.52. The molecule has 4 rings (SSSR count). The second-order valence-corrected chi connectivity index (χ2v) is 15.4. The van der Waals surface area contributed by atoms with Crippen LogP contribution in [0.3, 0.4) is 0 Å². The summed E-state index contributed by atoms with van der Waals surface area (Å²) in [6.07, 6.45) is 3.24. The van der Waals surface area contributed by atoms with E-state index < -0.39 is 63.5 Å². The Kier molecular flexibility index (Phi) is 14.4. The Balaban J connectivity index is 1.77. The minimum Gasteiger partial charge on any atom is -0.497 e. The predicted octanol–water partition coefficient (Wildman–Crippen LogP) is 3.65. The van der Waals surface area contributed by atoms with E-state index in [4.69, 9.17) is 38.3 Å². The van der Waals surface area contributed by atoms with Gasteiger partial charge in [-0.15, -0.1) is 0 Å². The number of nitrogens with zero attached hydrogens (tertiary/aromatic N) is 3. The van der Waals surface area contributed by atoms with Crippen molar-refractivity contribution >= 4 is 40.2 Å². The van der Waals surface area contributed by atoms with Gasteiger partial charge in [-0.2, -0.15) is 0 Å². The monoisotopic (exact) mass is 771 g/mol. The lowest BCUT2D eigenvalue weighted by Gasteiger charge is -2.27. The van der Waals surface area contributed by atoms with E-state index in [1.807, 2.05) is 0 Å². The van der Waals surface area contributed by atoms with Crippen molar-refractivity contribution in [1.29, 1.82) is 0 Å². The average Bonchev–Trinajstić information content (AvgIpc) is 3.41. The summed E-state index contributed by atoms with van der Waals surface area (Å²) in [4.78, 5) is 94.7. The number of carbonyl (C=O) groups is 4. The summed E-state index contributed by atoms with van der Waals surface area (Å²) >= 11 is 0. The molecule has 0 spiro atoms. The number of hydrogen-bond donors (Lipinski definition) is 4. The Morgan fingerprint density at radius 2 is 1.17 bits per heavy atom. The highest BCUT2D eigenvalue weighted by Crippen LogP contribution is 2.45. The Morgan fingerprint density at radius 1 is 0.750 bits per heavy atom. The van der Waals surface area contributed by atoms with Crippen LogP contribution in [0.5, 0.6) is 17.2 Å². The number of amides is 2. The van der Waals surface area contributed by atoms with Gasteiger partial charge in [-0.25, -0.2) is 4.57 Å². The van der Waals surface area contributed by atoms with Gasteiger partial charge in [0.1, 0.15) is 5.75 Å². The van der Waals surface area contributed by atoms with Gasteiger partial charge in [-0.3, -0.25) is 28.3 Å². The maximum Gasteiger partial charge on any atom is 0.469 e. The highest BCUT2D eigenvalue weighted by Gasteiger charge is 2.40. The molecule has 0 radical (unpaired) electrons. The molecule has 1 heterocycles. The lowest BCUT2D eigenvalue weighted by atomic mass is 9.82. The molecule has 4 N–H and O–H groups in total. The van der Waals surface area contributed by atoms with Crippen molar-refractivity contribution in [3.05, 3.63) is 35.7 Å². The van der Waals surface area contributed by atoms with Crippen molar-refractivity contribution < 1.29 is 66.6 Å². The third-order valence-corrected chi connectivity index (χ3v) is 10.2. The number of methoxy groups -OCH3 is 1. The van der Waals surface area contributed by atoms with E-state index in [9.17, 15) is 23.7 Å². The maximum absolute atomic E-state index is 14.0. The summed E-state index contributed by atoms with van der Waals surface area (Å²) < 4.78 is 39.5. The van der Waals surface area contributed by atoms with E-state index in [2.05, 4.69) is 4.52 Å². The molecule has 2 fully saturated rings. The third-order valence-electron chi connectivity index (χ3n) is 9.30. The molecule has 1 aromatic heterocycles. The number of aromatic nitrogens is 1. The third kappa shape index (κ3) is 10.6. The van der Waals surface area contributed by atoms with Crippen LogP contribution >= 0.6 is 16.4 Å². The van der Waals surface area contributed by atoms with E-state index in [0.29, 0.717) is 62.8 Å². The van der Waals surface area contributed by atoms with E-state index in [-0.39, 0.29) is 36.4 Å². The number of phosphoric acid groups is 1. The molecule has 2 amide bonds. The first-order chi connectivity index (χ1) is 24.5. The Hall–Kier alpha value is -3.40. The lowest BCUT2D eigenvalue weighted by Crippen LogP contribution is -2.29. The van der Waals surface area contributed by atoms with Crippen molar-refractivity contribution in [1.82, 2.24) is 14.4 Å². The highest BCUT2D eigenvalue weighted by molar-refractivity contribution is 7.46. The zero-order valence-corrected chi connectivity index (χ0v) is 31.6. The van der Waals surface area contributed by atoms with Crippen LogP contribution in [0.15, 0.2) is 24.3 Å². The largest absolute Gasteiger partial charge is 0.497 e. The second kappa shape index (κ2) is 18.1. The van der Waals surface area contributed by atoms with Crippen molar-refractivity contribution in [3.8, 4) is 22.9 Å². The molecule has 0 saturated heterocycles. The van der Waals surface area contributed by atoms with Crippen LogP contribution in [0.2, 0.25) is 0 Å². The highest BCUT2D eigenvalue weighted by atomic mass is 31.2. The predicted molar refractivity (Wildman–Crippen MR) is 186 cm³/mol. The zero-order chi connectivity index (χ0) is 38.3. The first kappa shape index (κ1) is 41.4. The van der Waals surface area contributed by atoms with Gasteiger partial charge >= 0.3 is 28.4 Å². The molecule has 2 aliphatic rings. The van der Waals surface area contributed by atoms with Crippen LogP contribution < -0.4 is 14.2 Å². The molecule has 17 nitrogen and oxygen atoms in total. The summed E-state index contributed by atoms with van der Waals surface area (Å²) in [6, 6.07) is 6.44. The van der Waals surface area contributed by atoms with E-state index in [1.165, 1.54) is 49.7 Å². The Morgan fingerprint density at radius 3 is 1.54 bits per heavy atom. The maximum atomic E-state index is 14.0. The second-order valence-electron chi connectivity index (χ2n) is 13.4. The van der Waals surface area contributed by atoms with E-state index in [0.717, 1.165) is 0 Å². The van der Waals surface area contributed by atoms with Gasteiger partial charge in [0.05, 0.1) is 32.2 Å². The van der Waals surface area contributed by atoms with Crippen LogP contribution in [0.25, 0.3) is 5.69 Å². The number of ether oxygens (including phenoxy) is 3. The Bertz CT molecular complexity index is 1620. The molecule has 52 heavy (non-hydrogen) atoms. The number of benzene rings is 1. The van der Waals surface area contributed by atoms with Gasteiger partial charge in [-0.05, 0) is 87.5 Å². The number of rotatable bonds is 14. The van der Waals surface area contributed by atoms with Gasteiger partial charge in [0.15, 0.2) is 11.4 Å². The molecule has 0 atom stereocenters. The molecule has 2 aliphatic carbocycles. The van der Waals surface area contributed by atoms with Crippen LogP contribution in [-0.4, -0.2) is 106 Å². The average molecular weight is 772 g/mol. The molecule has 0 unspecified atom stereocenters. The van der Waals surface area contributed by atoms with E-state index >= 15 is 0 Å². The quantitative estimate of drug-likeness (QED) is 0.159. The number of esters is 2. The van der Waals surface area contributed by atoms with Crippen LogP contribution in [0.1, 0.15) is 72.3 Å².